The smallest absolute Gasteiger partial charge is 0.134 e. The van der Waals surface area contributed by atoms with Crippen LogP contribution in [-0.4, -0.2) is 7.18 Å². The molecule has 0 spiro atoms. The van der Waals surface area contributed by atoms with Crippen molar-refractivity contribution in [2.75, 3.05) is 7.18 Å². The van der Waals surface area contributed by atoms with E-state index in [1.807, 2.05) is 12.1 Å². The predicted molar refractivity (Wildman–Crippen MR) is 48.0 cm³/mol. The molecule has 12 heavy (non-hydrogen) atoms. The second-order valence-corrected chi connectivity index (χ2v) is 2.46. The zero-order chi connectivity index (χ0) is 8.97. The molecular formula is C10H11FO. The third-order valence-electron chi connectivity index (χ3n) is 1.61. The van der Waals surface area contributed by atoms with Gasteiger partial charge < -0.3 is 4.42 Å². The Morgan fingerprint density at radius 3 is 2.67 bits per heavy atom. The van der Waals surface area contributed by atoms with E-state index in [4.69, 9.17) is 4.42 Å². The average molecular weight is 166 g/mol. The molecule has 0 radical (unpaired) electrons. The topological polar surface area (TPSA) is 13.1 Å². The second kappa shape index (κ2) is 3.90. The molecule has 0 amide bonds. The molecule has 1 nitrogen and oxygen atoms in total. The van der Waals surface area contributed by atoms with Crippen molar-refractivity contribution < 1.29 is 8.81 Å². The number of fused-ring (bicyclic) bond motifs is 1. The van der Waals surface area contributed by atoms with Crippen LogP contribution >= 0.6 is 0 Å². The van der Waals surface area contributed by atoms with Gasteiger partial charge in [-0.2, -0.15) is 0 Å². The maximum absolute atomic E-state index is 9.50. The largest absolute Gasteiger partial charge is 0.464 e. The Hall–Kier alpha value is -1.31. The molecule has 2 heteroatoms. The van der Waals surface area contributed by atoms with Crippen molar-refractivity contribution in [2.24, 2.45) is 0 Å². The Morgan fingerprint density at radius 1 is 1.17 bits per heavy atom. The lowest BCUT2D eigenvalue weighted by Crippen LogP contribution is -1.67. The van der Waals surface area contributed by atoms with Gasteiger partial charge in [-0.1, -0.05) is 12.1 Å². The summed E-state index contributed by atoms with van der Waals surface area (Å²) in [5.41, 5.74) is 2.21. The molecule has 0 aliphatic carbocycles. The van der Waals surface area contributed by atoms with Gasteiger partial charge in [0.15, 0.2) is 0 Å². The highest BCUT2D eigenvalue weighted by Gasteiger charge is 1.93. The van der Waals surface area contributed by atoms with Crippen LogP contribution in [0.1, 0.15) is 5.56 Å². The van der Waals surface area contributed by atoms with E-state index in [1.54, 1.807) is 6.26 Å². The quantitative estimate of drug-likeness (QED) is 0.585. The van der Waals surface area contributed by atoms with Crippen molar-refractivity contribution in [1.29, 1.82) is 0 Å². The van der Waals surface area contributed by atoms with Gasteiger partial charge in [0.25, 0.3) is 0 Å². The summed E-state index contributed by atoms with van der Waals surface area (Å²) in [7, 11) is 0.500. The lowest BCUT2D eigenvalue weighted by Gasteiger charge is -1.89. The first kappa shape index (κ1) is 8.78. The zero-order valence-electron chi connectivity index (χ0n) is 7.17. The molecule has 0 aliphatic rings. The maximum atomic E-state index is 9.50. The number of alkyl halides is 1. The number of benzene rings is 1. The van der Waals surface area contributed by atoms with Crippen molar-refractivity contribution in [1.82, 2.24) is 0 Å². The van der Waals surface area contributed by atoms with Gasteiger partial charge in [0, 0.05) is 5.39 Å². The Balaban J connectivity index is 0.000000336. The van der Waals surface area contributed by atoms with E-state index in [0.29, 0.717) is 7.18 Å². The molecule has 2 aromatic rings. The first-order valence-corrected chi connectivity index (χ1v) is 3.68. The van der Waals surface area contributed by atoms with Crippen molar-refractivity contribution in [3.8, 4) is 0 Å². The standard InChI is InChI=1S/C9H8O.CH3F/c1-7-2-3-8-4-5-10-9(8)6-7;1-2/h2-6H,1H3;1H3. The third-order valence-corrected chi connectivity index (χ3v) is 1.61. The zero-order valence-corrected chi connectivity index (χ0v) is 7.17. The molecular weight excluding hydrogens is 155 g/mol. The summed E-state index contributed by atoms with van der Waals surface area (Å²) in [5.74, 6) is 0. The molecule has 0 aliphatic heterocycles. The van der Waals surface area contributed by atoms with Crippen LogP contribution < -0.4 is 0 Å². The van der Waals surface area contributed by atoms with Crippen molar-refractivity contribution >= 4 is 11.0 Å². The van der Waals surface area contributed by atoms with Crippen LogP contribution in [0.4, 0.5) is 4.39 Å². The molecule has 0 fully saturated rings. The Kier molecular flexibility index (Phi) is 2.86. The van der Waals surface area contributed by atoms with E-state index in [-0.39, 0.29) is 0 Å². The fourth-order valence-corrected chi connectivity index (χ4v) is 1.06. The average Bonchev–Trinajstić information content (AvgIpc) is 2.54. The highest BCUT2D eigenvalue weighted by atomic mass is 19.1. The monoisotopic (exact) mass is 166 g/mol. The van der Waals surface area contributed by atoms with E-state index in [2.05, 4.69) is 19.1 Å². The fourth-order valence-electron chi connectivity index (χ4n) is 1.06. The van der Waals surface area contributed by atoms with Crippen molar-refractivity contribution in [3.63, 3.8) is 0 Å². The molecule has 0 atom stereocenters. The summed E-state index contributed by atoms with van der Waals surface area (Å²) >= 11 is 0. The van der Waals surface area contributed by atoms with E-state index in [9.17, 15) is 4.39 Å². The molecule has 0 unspecified atom stereocenters. The SMILES string of the molecule is CF.Cc1ccc2ccoc2c1. The van der Waals surface area contributed by atoms with Crippen molar-refractivity contribution in [2.45, 2.75) is 6.92 Å². The van der Waals surface area contributed by atoms with Gasteiger partial charge in [0.1, 0.15) is 5.58 Å². The van der Waals surface area contributed by atoms with Gasteiger partial charge in [-0.05, 0) is 24.6 Å². The number of halogens is 1. The fraction of sp³-hybridized carbons (Fsp3) is 0.200. The minimum Gasteiger partial charge on any atom is -0.464 e. The van der Waals surface area contributed by atoms with Gasteiger partial charge in [-0.25, -0.2) is 0 Å². The molecule has 0 saturated carbocycles. The van der Waals surface area contributed by atoms with Crippen LogP contribution in [-0.2, 0) is 0 Å². The van der Waals surface area contributed by atoms with Gasteiger partial charge in [0.05, 0.1) is 13.4 Å². The summed E-state index contributed by atoms with van der Waals surface area (Å²) in [6.07, 6.45) is 1.71. The molecule has 64 valence electrons. The summed E-state index contributed by atoms with van der Waals surface area (Å²) in [6, 6.07) is 8.15. The number of furan rings is 1. The van der Waals surface area contributed by atoms with Gasteiger partial charge in [-0.3, -0.25) is 4.39 Å². The summed E-state index contributed by atoms with van der Waals surface area (Å²) in [6.45, 7) is 2.06. The summed E-state index contributed by atoms with van der Waals surface area (Å²) < 4.78 is 14.7. The molecule has 1 heterocycles. The lowest BCUT2D eigenvalue weighted by atomic mass is 10.2. The van der Waals surface area contributed by atoms with Crippen LogP contribution in [0.15, 0.2) is 34.9 Å². The first-order valence-electron chi connectivity index (χ1n) is 3.68. The molecule has 1 aromatic heterocycles. The molecule has 1 aromatic carbocycles. The van der Waals surface area contributed by atoms with Crippen LogP contribution in [0.3, 0.4) is 0 Å². The van der Waals surface area contributed by atoms with Crippen LogP contribution in [0.2, 0.25) is 0 Å². The first-order chi connectivity index (χ1) is 5.86. The molecule has 0 bridgehead atoms. The third kappa shape index (κ3) is 1.64. The number of hydrogen-bond acceptors (Lipinski definition) is 1. The maximum Gasteiger partial charge on any atom is 0.134 e. The van der Waals surface area contributed by atoms with Crippen LogP contribution in [0.5, 0.6) is 0 Å². The number of rotatable bonds is 0. The second-order valence-electron chi connectivity index (χ2n) is 2.46. The molecule has 2 rings (SSSR count). The summed E-state index contributed by atoms with van der Waals surface area (Å²) in [4.78, 5) is 0. The minimum absolute atomic E-state index is 0.500. The Morgan fingerprint density at radius 2 is 1.92 bits per heavy atom. The van der Waals surface area contributed by atoms with Gasteiger partial charge in [-0.15, -0.1) is 0 Å². The highest BCUT2D eigenvalue weighted by Crippen LogP contribution is 2.15. The Labute approximate surface area is 70.8 Å². The van der Waals surface area contributed by atoms with E-state index in [0.717, 1.165) is 5.58 Å². The molecule has 0 saturated heterocycles. The molecule has 0 N–H and O–H groups in total. The highest BCUT2D eigenvalue weighted by molar-refractivity contribution is 5.77. The normalized spacial score (nSPS) is 9.25. The minimum atomic E-state index is 0.500. The predicted octanol–water partition coefficient (Wildman–Crippen LogP) is 3.33. The number of aryl methyl sites for hydroxylation is 1. The van der Waals surface area contributed by atoms with Gasteiger partial charge >= 0.3 is 0 Å². The Bertz CT molecular complexity index is 351. The van der Waals surface area contributed by atoms with Crippen LogP contribution in [0, 0.1) is 6.92 Å². The van der Waals surface area contributed by atoms with Crippen LogP contribution in [0.25, 0.3) is 11.0 Å². The van der Waals surface area contributed by atoms with Gasteiger partial charge in [0.2, 0.25) is 0 Å². The summed E-state index contributed by atoms with van der Waals surface area (Å²) in [5, 5.41) is 1.17. The number of hydrogen-bond donors (Lipinski definition) is 0. The van der Waals surface area contributed by atoms with E-state index < -0.39 is 0 Å². The van der Waals surface area contributed by atoms with Crippen molar-refractivity contribution in [3.05, 3.63) is 36.1 Å². The lowest BCUT2D eigenvalue weighted by molar-refractivity contribution is 0.615. The van der Waals surface area contributed by atoms with E-state index in [1.165, 1.54) is 10.9 Å². The van der Waals surface area contributed by atoms with E-state index >= 15 is 0 Å².